The van der Waals surface area contributed by atoms with Crippen molar-refractivity contribution < 1.29 is 21.6 Å². The summed E-state index contributed by atoms with van der Waals surface area (Å²) in [5, 5.41) is 0. The van der Waals surface area contributed by atoms with Crippen molar-refractivity contribution in [3.8, 4) is 0 Å². The number of hydrogen-bond acceptors (Lipinski definition) is 1. The van der Waals surface area contributed by atoms with E-state index in [1.54, 1.807) is 0 Å². The standard InChI is InChI=1S/C39H57N2.BrH/c1-7-9-11-13-15-21-30-40-34-26-19-17-24-32(34)38(3,4)36(40)28-23-29-37-39(5,6)33-25-18-20-27-35(33)41(37)31-22-16-14-12-10-8-2;/h17-20,23-29H,7-16,21-22,30-31H2,1-6H3;1H/q+1;/p-1. The van der Waals surface area contributed by atoms with Crippen molar-refractivity contribution in [3.05, 3.63) is 83.6 Å². The molecule has 0 unspecified atom stereocenters. The van der Waals surface area contributed by atoms with Crippen LogP contribution < -0.4 is 21.9 Å². The third-order valence-electron chi connectivity index (χ3n) is 9.58. The van der Waals surface area contributed by atoms with Crippen molar-refractivity contribution in [1.29, 1.82) is 0 Å². The summed E-state index contributed by atoms with van der Waals surface area (Å²) in [6.45, 7) is 16.4. The first-order valence-corrected chi connectivity index (χ1v) is 16.8. The molecule has 42 heavy (non-hydrogen) atoms. The van der Waals surface area contributed by atoms with Crippen LogP contribution in [0, 0.1) is 0 Å². The van der Waals surface area contributed by atoms with Gasteiger partial charge in [0.15, 0.2) is 5.71 Å². The zero-order chi connectivity index (χ0) is 29.3. The van der Waals surface area contributed by atoms with Gasteiger partial charge >= 0.3 is 0 Å². The molecule has 0 fully saturated rings. The number of nitrogens with zero attached hydrogens (tertiary/aromatic N) is 2. The van der Waals surface area contributed by atoms with Crippen LogP contribution in [0.5, 0.6) is 0 Å². The Bertz CT molecular complexity index is 1230. The predicted octanol–water partition coefficient (Wildman–Crippen LogP) is 8.03. The van der Waals surface area contributed by atoms with Gasteiger partial charge in [-0.25, -0.2) is 0 Å². The van der Waals surface area contributed by atoms with Crippen molar-refractivity contribution in [2.24, 2.45) is 0 Å². The van der Waals surface area contributed by atoms with Gasteiger partial charge in [-0.05, 0) is 44.4 Å². The van der Waals surface area contributed by atoms with Crippen molar-refractivity contribution >= 4 is 17.1 Å². The molecule has 2 nitrogen and oxygen atoms in total. The summed E-state index contributed by atoms with van der Waals surface area (Å²) in [5.74, 6) is 0. The van der Waals surface area contributed by atoms with Gasteiger partial charge in [0, 0.05) is 47.5 Å². The average molecular weight is 634 g/mol. The molecule has 2 aromatic rings. The molecule has 0 bridgehead atoms. The fourth-order valence-electron chi connectivity index (χ4n) is 7.09. The smallest absolute Gasteiger partial charge is 0.209 e. The van der Waals surface area contributed by atoms with Crippen LogP contribution in [0.3, 0.4) is 0 Å². The molecule has 0 atom stereocenters. The Morgan fingerprint density at radius 2 is 1.24 bits per heavy atom. The van der Waals surface area contributed by atoms with E-state index >= 15 is 0 Å². The SMILES string of the molecule is CCCCCCCCN1/C(=C\C=C\C2=[N+](CCCCCCCC)c3ccccc3C2(C)C)C(C)(C)c2ccccc21.[Br-]. The molecule has 0 radical (unpaired) electrons. The molecule has 0 aliphatic carbocycles. The number of halogens is 1. The average Bonchev–Trinajstić information content (AvgIpc) is 3.31. The molecule has 0 spiro atoms. The lowest BCUT2D eigenvalue weighted by Gasteiger charge is -2.27. The maximum absolute atomic E-state index is 2.62. The summed E-state index contributed by atoms with van der Waals surface area (Å²) in [7, 11) is 0. The second-order valence-corrected chi connectivity index (χ2v) is 13.4. The van der Waals surface area contributed by atoms with E-state index in [2.05, 4.69) is 118 Å². The minimum atomic E-state index is 0. The number of hydrogen-bond donors (Lipinski definition) is 0. The molecule has 230 valence electrons. The van der Waals surface area contributed by atoms with Crippen LogP contribution in [0.25, 0.3) is 0 Å². The van der Waals surface area contributed by atoms with Crippen LogP contribution in [-0.2, 0) is 10.8 Å². The summed E-state index contributed by atoms with van der Waals surface area (Å²) in [4.78, 5) is 2.62. The highest BCUT2D eigenvalue weighted by Gasteiger charge is 2.44. The quantitative estimate of drug-likeness (QED) is 0.134. The Balaban J connectivity index is 0.00000484. The van der Waals surface area contributed by atoms with Crippen LogP contribution in [0.1, 0.15) is 130 Å². The second-order valence-electron chi connectivity index (χ2n) is 13.4. The van der Waals surface area contributed by atoms with E-state index in [0.717, 1.165) is 13.1 Å². The van der Waals surface area contributed by atoms with Gasteiger partial charge in [0.25, 0.3) is 0 Å². The highest BCUT2D eigenvalue weighted by Crippen LogP contribution is 2.48. The number of para-hydroxylation sites is 2. The van der Waals surface area contributed by atoms with Crippen molar-refractivity contribution in [1.82, 2.24) is 0 Å². The van der Waals surface area contributed by atoms with Crippen molar-refractivity contribution in [2.45, 2.75) is 129 Å². The molecular weight excluding hydrogens is 576 g/mol. The number of anilines is 1. The highest BCUT2D eigenvalue weighted by atomic mass is 79.9. The van der Waals surface area contributed by atoms with Gasteiger partial charge in [0.05, 0.1) is 5.41 Å². The lowest BCUT2D eigenvalue weighted by atomic mass is 9.81. The molecule has 0 saturated heterocycles. The molecule has 2 heterocycles. The largest absolute Gasteiger partial charge is 1.00 e. The molecule has 2 aromatic carbocycles. The van der Waals surface area contributed by atoms with Gasteiger partial charge in [0.1, 0.15) is 6.54 Å². The summed E-state index contributed by atoms with van der Waals surface area (Å²) >= 11 is 0. The van der Waals surface area contributed by atoms with Crippen LogP contribution in [-0.4, -0.2) is 23.4 Å². The van der Waals surface area contributed by atoms with Crippen LogP contribution in [0.4, 0.5) is 11.4 Å². The van der Waals surface area contributed by atoms with Crippen molar-refractivity contribution in [3.63, 3.8) is 0 Å². The molecule has 0 amide bonds. The van der Waals surface area contributed by atoms with Crippen LogP contribution >= 0.6 is 0 Å². The molecule has 3 heteroatoms. The topological polar surface area (TPSA) is 6.25 Å². The summed E-state index contributed by atoms with van der Waals surface area (Å²) in [5.41, 5.74) is 8.57. The van der Waals surface area contributed by atoms with E-state index in [-0.39, 0.29) is 27.8 Å². The predicted molar refractivity (Wildman–Crippen MR) is 180 cm³/mol. The Labute approximate surface area is 268 Å². The first kappa shape index (κ1) is 34.4. The Kier molecular flexibility index (Phi) is 13.2. The molecule has 0 N–H and O–H groups in total. The third kappa shape index (κ3) is 7.68. The van der Waals surface area contributed by atoms with E-state index in [1.807, 2.05) is 0 Å². The molecule has 2 aliphatic rings. The molecule has 0 saturated carbocycles. The van der Waals surface area contributed by atoms with E-state index in [1.165, 1.54) is 111 Å². The highest BCUT2D eigenvalue weighted by molar-refractivity contribution is 6.03. The zero-order valence-electron chi connectivity index (χ0n) is 27.5. The van der Waals surface area contributed by atoms with Gasteiger partial charge < -0.3 is 21.9 Å². The lowest BCUT2D eigenvalue weighted by Crippen LogP contribution is -3.00. The molecule has 0 aromatic heterocycles. The maximum atomic E-state index is 2.62. The van der Waals surface area contributed by atoms with Gasteiger partial charge in [-0.1, -0.05) is 128 Å². The first-order valence-electron chi connectivity index (χ1n) is 16.8. The second kappa shape index (κ2) is 16.1. The number of allylic oxidation sites excluding steroid dienone is 4. The number of rotatable bonds is 16. The Morgan fingerprint density at radius 1 is 0.667 bits per heavy atom. The lowest BCUT2D eigenvalue weighted by molar-refractivity contribution is -0.438. The van der Waals surface area contributed by atoms with Crippen molar-refractivity contribution in [2.75, 3.05) is 18.0 Å². The van der Waals surface area contributed by atoms with Gasteiger partial charge in [0.2, 0.25) is 5.69 Å². The van der Waals surface area contributed by atoms with Gasteiger partial charge in [-0.3, -0.25) is 0 Å². The monoisotopic (exact) mass is 632 g/mol. The van der Waals surface area contributed by atoms with Crippen LogP contribution in [0.15, 0.2) is 72.5 Å². The molecule has 4 rings (SSSR count). The fraction of sp³-hybridized carbons (Fsp3) is 0.564. The van der Waals surface area contributed by atoms with E-state index < -0.39 is 0 Å². The molecule has 2 aliphatic heterocycles. The number of fused-ring (bicyclic) bond motifs is 2. The zero-order valence-corrected chi connectivity index (χ0v) is 29.1. The minimum absolute atomic E-state index is 0. The normalized spacial score (nSPS) is 17.7. The van der Waals surface area contributed by atoms with E-state index in [9.17, 15) is 0 Å². The fourth-order valence-corrected chi connectivity index (χ4v) is 7.09. The molecular formula is C39H57BrN2. The first-order chi connectivity index (χ1) is 19.8. The van der Waals surface area contributed by atoms with Crippen LogP contribution in [0.2, 0.25) is 0 Å². The summed E-state index contributed by atoms with van der Waals surface area (Å²) in [6, 6.07) is 18.1. The van der Waals surface area contributed by atoms with E-state index in [4.69, 9.17) is 0 Å². The minimum Gasteiger partial charge on any atom is -1.00 e. The van der Waals surface area contributed by atoms with Gasteiger partial charge in [-0.2, -0.15) is 4.58 Å². The van der Waals surface area contributed by atoms with E-state index in [0.29, 0.717) is 0 Å². The Hall–Kier alpha value is -2.13. The number of benzene rings is 2. The third-order valence-corrected chi connectivity index (χ3v) is 9.58. The Morgan fingerprint density at radius 3 is 1.93 bits per heavy atom. The maximum Gasteiger partial charge on any atom is 0.209 e. The number of unbranched alkanes of at least 4 members (excludes halogenated alkanes) is 10. The summed E-state index contributed by atoms with van der Waals surface area (Å²) in [6.07, 6.45) is 23.1. The summed E-state index contributed by atoms with van der Waals surface area (Å²) < 4.78 is 2.62. The van der Waals surface area contributed by atoms with Gasteiger partial charge in [-0.15, -0.1) is 0 Å².